The molecule has 0 aliphatic heterocycles. The smallest absolute Gasteiger partial charge is 0.251 e. The number of thioether (sulfide) groups is 1. The zero-order chi connectivity index (χ0) is 24.1. The van der Waals surface area contributed by atoms with E-state index < -0.39 is 0 Å². The van der Waals surface area contributed by atoms with Crippen molar-refractivity contribution in [1.29, 1.82) is 0 Å². The lowest BCUT2D eigenvalue weighted by molar-refractivity contribution is -0.113. The average molecular weight is 506 g/mol. The van der Waals surface area contributed by atoms with Crippen molar-refractivity contribution in [3.05, 3.63) is 68.5 Å². The Morgan fingerprint density at radius 2 is 1.73 bits per heavy atom. The Bertz CT molecular complexity index is 1170. The quantitative estimate of drug-likeness (QED) is 0.431. The summed E-state index contributed by atoms with van der Waals surface area (Å²) in [5.74, 6) is 0.571. The molecule has 0 spiro atoms. The van der Waals surface area contributed by atoms with Crippen LogP contribution in [0.15, 0.2) is 35.5 Å². The Balaban J connectivity index is 1.50. The lowest BCUT2D eigenvalue weighted by Crippen LogP contribution is -2.26. The van der Waals surface area contributed by atoms with E-state index in [1.807, 2.05) is 44.5 Å². The van der Waals surface area contributed by atoms with Gasteiger partial charge in [-0.25, -0.2) is 0 Å². The molecule has 10 heteroatoms. The SMILES string of the molecule is Cc1cc(C)c(NC(=O)CSc2nnc(CCNC(=O)c3ccc(Cl)c(Cl)c3)n2C)c(C)c1. The van der Waals surface area contributed by atoms with Crippen LogP contribution in [-0.4, -0.2) is 38.9 Å². The number of carbonyl (C=O) groups excluding carboxylic acids is 2. The molecule has 3 rings (SSSR count). The van der Waals surface area contributed by atoms with Crippen molar-refractivity contribution in [1.82, 2.24) is 20.1 Å². The van der Waals surface area contributed by atoms with Crippen LogP contribution in [0.2, 0.25) is 10.0 Å². The minimum absolute atomic E-state index is 0.103. The predicted octanol–water partition coefficient (Wildman–Crippen LogP) is 4.75. The molecule has 0 atom stereocenters. The van der Waals surface area contributed by atoms with E-state index in [0.29, 0.717) is 39.6 Å². The molecule has 0 saturated heterocycles. The summed E-state index contributed by atoms with van der Waals surface area (Å²) in [6.45, 7) is 6.38. The summed E-state index contributed by atoms with van der Waals surface area (Å²) in [6.07, 6.45) is 0.491. The molecule has 0 radical (unpaired) electrons. The number of carbonyl (C=O) groups is 2. The molecular weight excluding hydrogens is 481 g/mol. The maximum atomic E-state index is 12.5. The highest BCUT2D eigenvalue weighted by Crippen LogP contribution is 2.24. The van der Waals surface area contributed by atoms with Gasteiger partial charge < -0.3 is 15.2 Å². The average Bonchev–Trinajstić information content (AvgIpc) is 3.10. The fourth-order valence-electron chi connectivity index (χ4n) is 3.40. The van der Waals surface area contributed by atoms with Crippen molar-refractivity contribution in [2.75, 3.05) is 17.6 Å². The zero-order valence-corrected chi connectivity index (χ0v) is 21.2. The number of hydrogen-bond donors (Lipinski definition) is 2. The van der Waals surface area contributed by atoms with Gasteiger partial charge in [0.1, 0.15) is 5.82 Å². The van der Waals surface area contributed by atoms with Crippen molar-refractivity contribution in [3.63, 3.8) is 0 Å². The summed E-state index contributed by atoms with van der Waals surface area (Å²) in [5.41, 5.74) is 4.52. The van der Waals surface area contributed by atoms with E-state index in [4.69, 9.17) is 23.2 Å². The van der Waals surface area contributed by atoms with Crippen LogP contribution in [0.1, 0.15) is 32.9 Å². The van der Waals surface area contributed by atoms with Gasteiger partial charge in [-0.15, -0.1) is 10.2 Å². The van der Waals surface area contributed by atoms with Crippen LogP contribution < -0.4 is 10.6 Å². The molecule has 7 nitrogen and oxygen atoms in total. The van der Waals surface area contributed by atoms with Gasteiger partial charge in [0.2, 0.25) is 5.91 Å². The Kier molecular flexibility index (Phi) is 8.40. The standard InChI is InChI=1S/C23H25Cl2N5O2S/c1-13-9-14(2)21(15(3)10-13)27-20(31)12-33-23-29-28-19(30(23)4)7-8-26-22(32)16-5-6-17(24)18(25)11-16/h5-6,9-11H,7-8,12H2,1-4H3,(H,26,32)(H,27,31). The summed E-state index contributed by atoms with van der Waals surface area (Å²) in [7, 11) is 1.84. The molecule has 33 heavy (non-hydrogen) atoms. The number of rotatable bonds is 8. The second kappa shape index (κ2) is 11.0. The number of anilines is 1. The minimum Gasteiger partial charge on any atom is -0.352 e. The number of nitrogens with zero attached hydrogens (tertiary/aromatic N) is 3. The number of nitrogens with one attached hydrogen (secondary N) is 2. The van der Waals surface area contributed by atoms with Crippen LogP contribution in [0.4, 0.5) is 5.69 Å². The molecule has 0 fully saturated rings. The highest BCUT2D eigenvalue weighted by molar-refractivity contribution is 7.99. The Labute approximate surface area is 207 Å². The second-order valence-electron chi connectivity index (χ2n) is 7.70. The number of aromatic nitrogens is 3. The first-order valence-electron chi connectivity index (χ1n) is 10.3. The number of hydrogen-bond acceptors (Lipinski definition) is 5. The number of aryl methyl sites for hydroxylation is 3. The lowest BCUT2D eigenvalue weighted by Gasteiger charge is -2.12. The predicted molar refractivity (Wildman–Crippen MR) is 134 cm³/mol. The van der Waals surface area contributed by atoms with Gasteiger partial charge in [-0.05, 0) is 50.1 Å². The van der Waals surface area contributed by atoms with Crippen LogP contribution in [0.25, 0.3) is 0 Å². The summed E-state index contributed by atoms with van der Waals surface area (Å²) >= 11 is 13.2. The number of halogens is 2. The van der Waals surface area contributed by atoms with Crippen LogP contribution in [-0.2, 0) is 18.3 Å². The molecule has 1 heterocycles. The van der Waals surface area contributed by atoms with E-state index in [0.717, 1.165) is 22.4 Å². The molecule has 174 valence electrons. The van der Waals surface area contributed by atoms with E-state index in [1.165, 1.54) is 17.8 Å². The summed E-state index contributed by atoms with van der Waals surface area (Å²) in [5, 5.41) is 15.5. The molecule has 2 N–H and O–H groups in total. The van der Waals surface area contributed by atoms with Gasteiger partial charge in [0, 0.05) is 31.3 Å². The molecule has 0 aliphatic carbocycles. The summed E-state index contributed by atoms with van der Waals surface area (Å²) in [4.78, 5) is 24.7. The topological polar surface area (TPSA) is 88.9 Å². The monoisotopic (exact) mass is 505 g/mol. The maximum Gasteiger partial charge on any atom is 0.251 e. The molecular formula is C23H25Cl2N5O2S. The van der Waals surface area contributed by atoms with Crippen molar-refractivity contribution >= 4 is 52.5 Å². The largest absolute Gasteiger partial charge is 0.352 e. The third-order valence-corrected chi connectivity index (χ3v) is 6.77. The fraction of sp³-hybridized carbons (Fsp3) is 0.304. The van der Waals surface area contributed by atoms with E-state index in [1.54, 1.807) is 12.1 Å². The first-order valence-corrected chi connectivity index (χ1v) is 12.0. The van der Waals surface area contributed by atoms with Gasteiger partial charge in [-0.1, -0.05) is 52.7 Å². The zero-order valence-electron chi connectivity index (χ0n) is 18.8. The fourth-order valence-corrected chi connectivity index (χ4v) is 4.43. The molecule has 0 aliphatic rings. The Morgan fingerprint density at radius 3 is 2.39 bits per heavy atom. The molecule has 1 aromatic heterocycles. The number of amides is 2. The van der Waals surface area contributed by atoms with Gasteiger partial charge >= 0.3 is 0 Å². The van der Waals surface area contributed by atoms with Crippen molar-refractivity contribution in [2.45, 2.75) is 32.3 Å². The molecule has 0 bridgehead atoms. The second-order valence-corrected chi connectivity index (χ2v) is 9.46. The maximum absolute atomic E-state index is 12.5. The normalized spacial score (nSPS) is 10.8. The van der Waals surface area contributed by atoms with Crippen LogP contribution in [0.5, 0.6) is 0 Å². The van der Waals surface area contributed by atoms with Crippen molar-refractivity contribution in [3.8, 4) is 0 Å². The van der Waals surface area contributed by atoms with E-state index >= 15 is 0 Å². The third kappa shape index (κ3) is 6.50. The van der Waals surface area contributed by atoms with Gasteiger partial charge in [0.05, 0.1) is 15.8 Å². The van der Waals surface area contributed by atoms with Crippen molar-refractivity contribution in [2.24, 2.45) is 7.05 Å². The lowest BCUT2D eigenvalue weighted by atomic mass is 10.1. The highest BCUT2D eigenvalue weighted by Gasteiger charge is 2.14. The third-order valence-electron chi connectivity index (χ3n) is 5.01. The van der Waals surface area contributed by atoms with Crippen LogP contribution in [0, 0.1) is 20.8 Å². The van der Waals surface area contributed by atoms with Gasteiger partial charge in [0.15, 0.2) is 5.16 Å². The van der Waals surface area contributed by atoms with Crippen LogP contribution >= 0.6 is 35.0 Å². The molecule has 0 unspecified atom stereocenters. The summed E-state index contributed by atoms with van der Waals surface area (Å²) in [6, 6.07) is 8.82. The molecule has 2 aromatic carbocycles. The van der Waals surface area contributed by atoms with E-state index in [2.05, 4.69) is 20.8 Å². The van der Waals surface area contributed by atoms with Gasteiger partial charge in [-0.2, -0.15) is 0 Å². The van der Waals surface area contributed by atoms with Gasteiger partial charge in [0.25, 0.3) is 5.91 Å². The minimum atomic E-state index is -0.247. The molecule has 3 aromatic rings. The molecule has 0 saturated carbocycles. The molecule has 2 amide bonds. The first kappa shape index (κ1) is 25.1. The Morgan fingerprint density at radius 1 is 1.03 bits per heavy atom. The van der Waals surface area contributed by atoms with Gasteiger partial charge in [-0.3, -0.25) is 9.59 Å². The first-order chi connectivity index (χ1) is 15.7. The summed E-state index contributed by atoms with van der Waals surface area (Å²) < 4.78 is 1.83. The number of benzene rings is 2. The van der Waals surface area contributed by atoms with Crippen LogP contribution in [0.3, 0.4) is 0 Å². The van der Waals surface area contributed by atoms with E-state index in [-0.39, 0.29) is 17.6 Å². The highest BCUT2D eigenvalue weighted by atomic mass is 35.5. The Hall–Kier alpha value is -2.55. The van der Waals surface area contributed by atoms with E-state index in [9.17, 15) is 9.59 Å². The van der Waals surface area contributed by atoms with Crippen molar-refractivity contribution < 1.29 is 9.59 Å².